The summed E-state index contributed by atoms with van der Waals surface area (Å²) < 4.78 is 9.78. The Kier molecular flexibility index (Phi) is 5.05. The smallest absolute Gasteiger partial charge is 0.309 e. The van der Waals surface area contributed by atoms with Gasteiger partial charge in [0.2, 0.25) is 0 Å². The summed E-state index contributed by atoms with van der Waals surface area (Å²) in [5.41, 5.74) is 0. The molecule has 0 bridgehead atoms. The van der Waals surface area contributed by atoms with Crippen LogP contribution in [0, 0.1) is 5.92 Å². The van der Waals surface area contributed by atoms with Crippen LogP contribution < -0.4 is 0 Å². The molecular formula is C11H21NO3. The van der Waals surface area contributed by atoms with Crippen LogP contribution in [0.1, 0.15) is 19.8 Å². The van der Waals surface area contributed by atoms with Crippen molar-refractivity contribution in [2.24, 2.45) is 5.92 Å². The first-order valence-electron chi connectivity index (χ1n) is 5.49. The van der Waals surface area contributed by atoms with E-state index in [0.29, 0.717) is 6.04 Å². The number of nitrogens with zero attached hydrogens (tertiary/aromatic N) is 1. The minimum Gasteiger partial charge on any atom is -0.469 e. The number of carbonyl (C=O) groups excluding carboxylic acids is 1. The molecule has 1 aliphatic rings. The van der Waals surface area contributed by atoms with Crippen molar-refractivity contribution >= 4 is 5.97 Å². The van der Waals surface area contributed by atoms with Crippen molar-refractivity contribution < 1.29 is 14.3 Å². The van der Waals surface area contributed by atoms with Gasteiger partial charge in [-0.05, 0) is 12.8 Å². The highest BCUT2D eigenvalue weighted by atomic mass is 16.5. The van der Waals surface area contributed by atoms with Gasteiger partial charge in [0.05, 0.1) is 19.6 Å². The zero-order valence-electron chi connectivity index (χ0n) is 9.86. The van der Waals surface area contributed by atoms with Gasteiger partial charge in [-0.2, -0.15) is 0 Å². The van der Waals surface area contributed by atoms with E-state index in [1.54, 1.807) is 7.11 Å². The molecule has 0 aliphatic heterocycles. The molecule has 1 aliphatic carbocycles. The van der Waals surface area contributed by atoms with Crippen LogP contribution >= 0.6 is 0 Å². The largest absolute Gasteiger partial charge is 0.469 e. The van der Waals surface area contributed by atoms with E-state index in [-0.39, 0.29) is 11.9 Å². The second-order valence-corrected chi connectivity index (χ2v) is 4.14. The van der Waals surface area contributed by atoms with Crippen molar-refractivity contribution in [3.8, 4) is 0 Å². The highest BCUT2D eigenvalue weighted by molar-refractivity contribution is 5.72. The average Bonchev–Trinajstić information content (AvgIpc) is 3.06. The Morgan fingerprint density at radius 2 is 2.13 bits per heavy atom. The van der Waals surface area contributed by atoms with Crippen LogP contribution in [0.15, 0.2) is 0 Å². The molecule has 1 saturated carbocycles. The van der Waals surface area contributed by atoms with Crippen LogP contribution in [0.2, 0.25) is 0 Å². The molecule has 1 fully saturated rings. The fraction of sp³-hybridized carbons (Fsp3) is 0.909. The van der Waals surface area contributed by atoms with Gasteiger partial charge in [0, 0.05) is 26.2 Å². The quantitative estimate of drug-likeness (QED) is 0.592. The molecule has 0 spiro atoms. The van der Waals surface area contributed by atoms with Gasteiger partial charge in [0.1, 0.15) is 0 Å². The first-order valence-corrected chi connectivity index (χ1v) is 5.49. The molecule has 0 amide bonds. The van der Waals surface area contributed by atoms with Gasteiger partial charge >= 0.3 is 5.97 Å². The number of carbonyl (C=O) groups is 1. The van der Waals surface area contributed by atoms with Crippen LogP contribution in [-0.4, -0.2) is 50.8 Å². The molecule has 0 saturated heterocycles. The molecule has 4 heteroatoms. The standard InChI is InChI=1S/C11H21NO3/c1-9(11(13)15-3)8-12(6-7-14-2)10-4-5-10/h9-10H,4-8H2,1-3H3. The molecule has 0 N–H and O–H groups in total. The normalized spacial score (nSPS) is 17.9. The molecule has 0 aromatic carbocycles. The van der Waals surface area contributed by atoms with Crippen molar-refractivity contribution in [2.75, 3.05) is 33.9 Å². The summed E-state index contributed by atoms with van der Waals surface area (Å²) >= 11 is 0. The Morgan fingerprint density at radius 1 is 1.47 bits per heavy atom. The highest BCUT2D eigenvalue weighted by Crippen LogP contribution is 2.27. The zero-order valence-corrected chi connectivity index (χ0v) is 9.86. The maximum atomic E-state index is 11.3. The fourth-order valence-electron chi connectivity index (χ4n) is 1.70. The fourth-order valence-corrected chi connectivity index (χ4v) is 1.70. The number of rotatable bonds is 7. The maximum Gasteiger partial charge on any atom is 0.309 e. The van der Waals surface area contributed by atoms with Crippen LogP contribution in [0.4, 0.5) is 0 Å². The summed E-state index contributed by atoms with van der Waals surface area (Å²) in [6, 6.07) is 0.659. The monoisotopic (exact) mass is 215 g/mol. The lowest BCUT2D eigenvalue weighted by atomic mass is 10.1. The van der Waals surface area contributed by atoms with E-state index in [4.69, 9.17) is 9.47 Å². The molecule has 1 unspecified atom stereocenters. The van der Waals surface area contributed by atoms with Gasteiger partial charge in [0.25, 0.3) is 0 Å². The molecule has 0 heterocycles. The van der Waals surface area contributed by atoms with E-state index in [1.807, 2.05) is 6.92 Å². The van der Waals surface area contributed by atoms with Crippen LogP contribution in [0.5, 0.6) is 0 Å². The van der Waals surface area contributed by atoms with Gasteiger partial charge in [-0.1, -0.05) is 6.92 Å². The maximum absolute atomic E-state index is 11.3. The summed E-state index contributed by atoms with van der Waals surface area (Å²) in [7, 11) is 3.14. The summed E-state index contributed by atoms with van der Waals surface area (Å²) in [5.74, 6) is -0.175. The molecule has 1 rings (SSSR count). The van der Waals surface area contributed by atoms with Gasteiger partial charge in [-0.15, -0.1) is 0 Å². The lowest BCUT2D eigenvalue weighted by molar-refractivity contribution is -0.145. The predicted molar refractivity (Wildman–Crippen MR) is 57.7 cm³/mol. The summed E-state index contributed by atoms with van der Waals surface area (Å²) in [6.07, 6.45) is 2.50. The third-order valence-electron chi connectivity index (χ3n) is 2.76. The predicted octanol–water partition coefficient (Wildman–Crippen LogP) is 0.906. The minimum absolute atomic E-state index is 0.0487. The van der Waals surface area contributed by atoms with Crippen molar-refractivity contribution in [2.45, 2.75) is 25.8 Å². The van der Waals surface area contributed by atoms with E-state index in [0.717, 1.165) is 19.7 Å². The van der Waals surface area contributed by atoms with Crippen molar-refractivity contribution in [1.82, 2.24) is 4.90 Å². The van der Waals surface area contributed by atoms with Crippen molar-refractivity contribution in [3.63, 3.8) is 0 Å². The Bertz CT molecular complexity index is 204. The first kappa shape index (κ1) is 12.5. The zero-order chi connectivity index (χ0) is 11.3. The number of hydrogen-bond donors (Lipinski definition) is 0. The lowest BCUT2D eigenvalue weighted by Crippen LogP contribution is -2.36. The molecule has 4 nitrogen and oxygen atoms in total. The van der Waals surface area contributed by atoms with Gasteiger partial charge in [-0.25, -0.2) is 0 Å². The van der Waals surface area contributed by atoms with Gasteiger partial charge < -0.3 is 9.47 Å². The van der Waals surface area contributed by atoms with E-state index in [9.17, 15) is 4.79 Å². The van der Waals surface area contributed by atoms with E-state index in [2.05, 4.69) is 4.90 Å². The Hall–Kier alpha value is -0.610. The average molecular weight is 215 g/mol. The number of ether oxygens (including phenoxy) is 2. The second kappa shape index (κ2) is 6.08. The molecule has 0 radical (unpaired) electrons. The molecule has 15 heavy (non-hydrogen) atoms. The van der Waals surface area contributed by atoms with E-state index < -0.39 is 0 Å². The molecule has 1 atom stereocenters. The molecular weight excluding hydrogens is 194 g/mol. The third-order valence-corrected chi connectivity index (χ3v) is 2.76. The Labute approximate surface area is 91.5 Å². The van der Waals surface area contributed by atoms with E-state index in [1.165, 1.54) is 20.0 Å². The summed E-state index contributed by atoms with van der Waals surface area (Å²) in [4.78, 5) is 13.6. The Balaban J connectivity index is 2.32. The van der Waals surface area contributed by atoms with Gasteiger partial charge in [0.15, 0.2) is 0 Å². The van der Waals surface area contributed by atoms with Crippen LogP contribution in [0.3, 0.4) is 0 Å². The second-order valence-electron chi connectivity index (χ2n) is 4.14. The molecule has 0 aromatic heterocycles. The SMILES string of the molecule is COCCN(CC(C)C(=O)OC)C1CC1. The third kappa shape index (κ3) is 4.18. The lowest BCUT2D eigenvalue weighted by Gasteiger charge is -2.23. The highest BCUT2D eigenvalue weighted by Gasteiger charge is 2.30. The molecule has 0 aromatic rings. The van der Waals surface area contributed by atoms with Gasteiger partial charge in [-0.3, -0.25) is 9.69 Å². The summed E-state index contributed by atoms with van der Waals surface area (Å²) in [6.45, 7) is 4.32. The van der Waals surface area contributed by atoms with E-state index >= 15 is 0 Å². The first-order chi connectivity index (χ1) is 7.19. The Morgan fingerprint density at radius 3 is 2.60 bits per heavy atom. The van der Waals surface area contributed by atoms with Crippen LogP contribution in [-0.2, 0) is 14.3 Å². The van der Waals surface area contributed by atoms with Crippen molar-refractivity contribution in [1.29, 1.82) is 0 Å². The number of esters is 1. The van der Waals surface area contributed by atoms with Crippen LogP contribution in [0.25, 0.3) is 0 Å². The number of methoxy groups -OCH3 is 2. The topological polar surface area (TPSA) is 38.8 Å². The molecule has 88 valence electrons. The summed E-state index contributed by atoms with van der Waals surface area (Å²) in [5, 5.41) is 0. The minimum atomic E-state index is -0.127. The number of hydrogen-bond acceptors (Lipinski definition) is 4. The van der Waals surface area contributed by atoms with Crippen molar-refractivity contribution in [3.05, 3.63) is 0 Å².